The van der Waals surface area contributed by atoms with Gasteiger partial charge in [0.15, 0.2) is 0 Å². The molecular weight excluding hydrogens is 252 g/mol. The molecule has 0 fully saturated rings. The smallest absolute Gasteiger partial charge is 0.282 e. The van der Waals surface area contributed by atoms with Gasteiger partial charge >= 0.3 is 0 Å². The van der Waals surface area contributed by atoms with Gasteiger partial charge in [-0.15, -0.1) is 0 Å². The molecule has 90 valence electrons. The predicted octanol–water partition coefficient (Wildman–Crippen LogP) is 2.42. The quantitative estimate of drug-likeness (QED) is 0.841. The third kappa shape index (κ3) is 2.11. The molecule has 0 saturated heterocycles. The van der Waals surface area contributed by atoms with Gasteiger partial charge in [-0.05, 0) is 12.1 Å². The van der Waals surface area contributed by atoms with Crippen molar-refractivity contribution in [3.05, 3.63) is 36.2 Å². The molecule has 0 unspecified atom stereocenters. The zero-order valence-corrected chi connectivity index (χ0v) is 9.16. The van der Waals surface area contributed by atoms with Crippen LogP contribution >= 0.6 is 0 Å². The molecule has 0 aliphatic rings. The van der Waals surface area contributed by atoms with Crippen LogP contribution in [0.15, 0.2) is 35.4 Å². The van der Waals surface area contributed by atoms with Gasteiger partial charge in [0.2, 0.25) is 0 Å². The van der Waals surface area contributed by atoms with E-state index >= 15 is 0 Å². The maximum Gasteiger partial charge on any atom is 0.295 e. The van der Waals surface area contributed by atoms with Crippen LogP contribution in [0.25, 0.3) is 10.8 Å². The van der Waals surface area contributed by atoms with Gasteiger partial charge in [-0.3, -0.25) is 9.54 Å². The molecule has 1 N–H and O–H groups in total. The molecule has 0 aliphatic carbocycles. The fraction of sp³-hybridized carbons (Fsp3) is 0.100. The van der Waals surface area contributed by atoms with E-state index in [0.29, 0.717) is 0 Å². The molecule has 0 amide bonds. The summed E-state index contributed by atoms with van der Waals surface area (Å²) in [6.45, 7) is 0. The van der Waals surface area contributed by atoms with Crippen molar-refractivity contribution in [2.75, 3.05) is 0 Å². The average molecular weight is 259 g/mol. The Morgan fingerprint density at radius 3 is 2.47 bits per heavy atom. The van der Waals surface area contributed by atoms with Crippen LogP contribution in [0.2, 0.25) is 0 Å². The number of nitrogens with zero attached hydrogens (tertiary/aromatic N) is 1. The molecule has 2 rings (SSSR count). The second-order valence-corrected chi connectivity index (χ2v) is 4.71. The monoisotopic (exact) mass is 259 g/mol. The third-order valence-electron chi connectivity index (χ3n) is 2.28. The van der Waals surface area contributed by atoms with Crippen molar-refractivity contribution < 1.29 is 21.8 Å². The van der Waals surface area contributed by atoms with E-state index in [1.165, 1.54) is 18.2 Å². The topological polar surface area (TPSA) is 67.3 Å². The van der Waals surface area contributed by atoms with Gasteiger partial charge in [0.1, 0.15) is 10.6 Å². The van der Waals surface area contributed by atoms with Gasteiger partial charge in [-0.25, -0.2) is 8.78 Å². The Morgan fingerprint density at radius 1 is 1.18 bits per heavy atom. The number of benzene rings is 1. The summed E-state index contributed by atoms with van der Waals surface area (Å²) in [5.41, 5.74) is -0.506. The molecule has 7 heteroatoms. The van der Waals surface area contributed by atoms with E-state index in [4.69, 9.17) is 4.55 Å². The highest BCUT2D eigenvalue weighted by Gasteiger charge is 2.18. The van der Waals surface area contributed by atoms with Crippen molar-refractivity contribution in [2.45, 2.75) is 11.3 Å². The molecule has 0 atom stereocenters. The standard InChI is InChI=1S/C10H7F2NO3S/c11-10(12)9-7-2-1-3-8(17(14,15)16)6(7)4-5-13-9/h1-5,10H,(H,14,15,16). The highest BCUT2D eigenvalue weighted by Crippen LogP contribution is 2.29. The Bertz CT molecular complexity index is 670. The van der Waals surface area contributed by atoms with Crippen LogP contribution < -0.4 is 0 Å². The summed E-state index contributed by atoms with van der Waals surface area (Å²) < 4.78 is 56.4. The minimum absolute atomic E-state index is 0.0117. The van der Waals surface area contributed by atoms with E-state index in [9.17, 15) is 17.2 Å². The zero-order chi connectivity index (χ0) is 12.6. The number of pyridine rings is 1. The lowest BCUT2D eigenvalue weighted by Gasteiger charge is -2.07. The number of rotatable bonds is 2. The molecule has 1 heterocycles. The van der Waals surface area contributed by atoms with Crippen LogP contribution in [0.5, 0.6) is 0 Å². The lowest BCUT2D eigenvalue weighted by molar-refractivity contribution is 0.148. The van der Waals surface area contributed by atoms with Crippen molar-refractivity contribution in [1.82, 2.24) is 4.98 Å². The van der Waals surface area contributed by atoms with E-state index in [1.54, 1.807) is 0 Å². The molecule has 1 aromatic carbocycles. The van der Waals surface area contributed by atoms with E-state index in [2.05, 4.69) is 4.98 Å². The maximum atomic E-state index is 12.7. The SMILES string of the molecule is O=S(=O)(O)c1cccc2c(C(F)F)nccc12. The first kappa shape index (κ1) is 11.9. The summed E-state index contributed by atoms with van der Waals surface area (Å²) in [6, 6.07) is 5.02. The maximum absolute atomic E-state index is 12.7. The lowest BCUT2D eigenvalue weighted by Crippen LogP contribution is -2.00. The van der Waals surface area contributed by atoms with Crippen LogP contribution in [-0.4, -0.2) is 18.0 Å². The van der Waals surface area contributed by atoms with Crippen molar-refractivity contribution in [2.24, 2.45) is 0 Å². The summed E-state index contributed by atoms with van der Waals surface area (Å²) >= 11 is 0. The van der Waals surface area contributed by atoms with Gasteiger partial charge in [0.05, 0.1) is 0 Å². The van der Waals surface area contributed by atoms with E-state index in [-0.39, 0.29) is 10.8 Å². The summed E-state index contributed by atoms with van der Waals surface area (Å²) in [4.78, 5) is 3.10. The number of aromatic nitrogens is 1. The van der Waals surface area contributed by atoms with Crippen molar-refractivity contribution in [3.8, 4) is 0 Å². The van der Waals surface area contributed by atoms with E-state index in [1.807, 2.05) is 0 Å². The Labute approximate surface area is 95.7 Å². The molecule has 1 aromatic heterocycles. The fourth-order valence-electron chi connectivity index (χ4n) is 1.60. The molecule has 0 aliphatic heterocycles. The minimum atomic E-state index is -4.44. The second kappa shape index (κ2) is 4.01. The largest absolute Gasteiger partial charge is 0.295 e. The molecule has 17 heavy (non-hydrogen) atoms. The Hall–Kier alpha value is -1.60. The molecular formula is C10H7F2NO3S. The third-order valence-corrected chi connectivity index (χ3v) is 3.19. The number of hydrogen-bond acceptors (Lipinski definition) is 3. The fourth-order valence-corrected chi connectivity index (χ4v) is 2.31. The molecule has 0 radical (unpaired) electrons. The molecule has 0 bridgehead atoms. The van der Waals surface area contributed by atoms with E-state index < -0.39 is 27.1 Å². The van der Waals surface area contributed by atoms with Gasteiger partial charge in [0.25, 0.3) is 16.5 Å². The van der Waals surface area contributed by atoms with Gasteiger partial charge in [0, 0.05) is 17.0 Å². The van der Waals surface area contributed by atoms with Crippen LogP contribution in [0.1, 0.15) is 12.1 Å². The van der Waals surface area contributed by atoms with Gasteiger partial charge < -0.3 is 0 Å². The minimum Gasteiger partial charge on any atom is -0.282 e. The number of alkyl halides is 2. The first-order valence-electron chi connectivity index (χ1n) is 4.54. The van der Waals surface area contributed by atoms with Crippen LogP contribution in [-0.2, 0) is 10.1 Å². The van der Waals surface area contributed by atoms with Crippen LogP contribution in [0, 0.1) is 0 Å². The van der Waals surface area contributed by atoms with E-state index in [0.717, 1.165) is 12.3 Å². The molecule has 0 spiro atoms. The number of halogens is 2. The lowest BCUT2D eigenvalue weighted by atomic mass is 10.1. The normalized spacial score (nSPS) is 12.2. The van der Waals surface area contributed by atoms with Crippen LogP contribution in [0.4, 0.5) is 8.78 Å². The van der Waals surface area contributed by atoms with Gasteiger partial charge in [-0.2, -0.15) is 8.42 Å². The average Bonchev–Trinajstić information content (AvgIpc) is 2.26. The predicted molar refractivity (Wildman–Crippen MR) is 56.5 cm³/mol. The molecule has 4 nitrogen and oxygen atoms in total. The Kier molecular flexibility index (Phi) is 2.80. The van der Waals surface area contributed by atoms with Gasteiger partial charge in [-0.1, -0.05) is 12.1 Å². The number of hydrogen-bond donors (Lipinski definition) is 1. The zero-order valence-electron chi connectivity index (χ0n) is 8.34. The number of fused-ring (bicyclic) bond motifs is 1. The highest BCUT2D eigenvalue weighted by molar-refractivity contribution is 7.86. The second-order valence-electron chi connectivity index (χ2n) is 3.32. The van der Waals surface area contributed by atoms with Crippen molar-refractivity contribution >= 4 is 20.9 Å². The van der Waals surface area contributed by atoms with Crippen molar-refractivity contribution in [1.29, 1.82) is 0 Å². The summed E-state index contributed by atoms with van der Waals surface area (Å²) in [5, 5.41) is 0.0397. The first-order valence-corrected chi connectivity index (χ1v) is 5.98. The molecule has 0 saturated carbocycles. The Morgan fingerprint density at radius 2 is 1.88 bits per heavy atom. The molecule has 2 aromatic rings. The summed E-state index contributed by atoms with van der Waals surface area (Å²) in [7, 11) is -4.44. The summed E-state index contributed by atoms with van der Waals surface area (Å²) in [6.07, 6.45) is -1.73. The highest BCUT2D eigenvalue weighted by atomic mass is 32.2. The first-order chi connectivity index (χ1) is 7.91. The summed E-state index contributed by atoms with van der Waals surface area (Å²) in [5.74, 6) is 0. The Balaban J connectivity index is 2.89. The van der Waals surface area contributed by atoms with Crippen LogP contribution in [0.3, 0.4) is 0 Å². The van der Waals surface area contributed by atoms with Crippen molar-refractivity contribution in [3.63, 3.8) is 0 Å².